The van der Waals surface area contributed by atoms with Gasteiger partial charge in [-0.2, -0.15) is 0 Å². The highest BCUT2D eigenvalue weighted by molar-refractivity contribution is 5.82. The first kappa shape index (κ1) is 14.3. The highest BCUT2D eigenvalue weighted by Gasteiger charge is 2.31. The standard InChI is InChI=1S/C13H23N3O3/c1-10(14)9-12(17)15-4-6-16(7-5-15)13(18)11-3-2-8-19-11/h10-11H,2-9,14H2,1H3. The highest BCUT2D eigenvalue weighted by Crippen LogP contribution is 2.16. The van der Waals surface area contributed by atoms with Gasteiger partial charge in [0.15, 0.2) is 0 Å². The summed E-state index contributed by atoms with van der Waals surface area (Å²) >= 11 is 0. The molecule has 0 aliphatic carbocycles. The smallest absolute Gasteiger partial charge is 0.251 e. The summed E-state index contributed by atoms with van der Waals surface area (Å²) in [4.78, 5) is 27.6. The second kappa shape index (κ2) is 6.34. The Morgan fingerprint density at radius 1 is 1.26 bits per heavy atom. The number of ether oxygens (including phenoxy) is 1. The van der Waals surface area contributed by atoms with E-state index >= 15 is 0 Å². The van der Waals surface area contributed by atoms with E-state index in [0.29, 0.717) is 39.2 Å². The number of rotatable bonds is 3. The molecular weight excluding hydrogens is 246 g/mol. The van der Waals surface area contributed by atoms with Crippen molar-refractivity contribution in [3.8, 4) is 0 Å². The number of nitrogens with two attached hydrogens (primary N) is 1. The molecule has 2 atom stereocenters. The van der Waals surface area contributed by atoms with E-state index in [1.807, 2.05) is 11.8 Å². The van der Waals surface area contributed by atoms with Crippen molar-refractivity contribution in [1.29, 1.82) is 0 Å². The molecule has 2 heterocycles. The summed E-state index contributed by atoms with van der Waals surface area (Å²) in [6, 6.07) is -0.112. The summed E-state index contributed by atoms with van der Waals surface area (Å²) in [5.41, 5.74) is 5.63. The van der Waals surface area contributed by atoms with Gasteiger partial charge in [-0.1, -0.05) is 0 Å². The fraction of sp³-hybridized carbons (Fsp3) is 0.846. The van der Waals surface area contributed by atoms with Crippen molar-refractivity contribution in [2.24, 2.45) is 5.73 Å². The molecule has 0 saturated carbocycles. The monoisotopic (exact) mass is 269 g/mol. The minimum Gasteiger partial charge on any atom is -0.368 e. The number of nitrogens with zero attached hydrogens (tertiary/aromatic N) is 2. The van der Waals surface area contributed by atoms with Gasteiger partial charge in [-0.3, -0.25) is 9.59 Å². The van der Waals surface area contributed by atoms with Crippen molar-refractivity contribution >= 4 is 11.8 Å². The predicted molar refractivity (Wildman–Crippen MR) is 70.4 cm³/mol. The van der Waals surface area contributed by atoms with Crippen molar-refractivity contribution in [3.63, 3.8) is 0 Å². The molecule has 0 spiro atoms. The fourth-order valence-electron chi connectivity index (χ4n) is 2.56. The normalized spacial score (nSPS) is 25.5. The van der Waals surface area contributed by atoms with E-state index < -0.39 is 0 Å². The van der Waals surface area contributed by atoms with Gasteiger partial charge in [0, 0.05) is 45.2 Å². The fourth-order valence-corrected chi connectivity index (χ4v) is 2.56. The molecule has 2 amide bonds. The zero-order valence-electron chi connectivity index (χ0n) is 11.5. The third-order valence-electron chi connectivity index (χ3n) is 3.65. The van der Waals surface area contributed by atoms with Crippen molar-refractivity contribution in [1.82, 2.24) is 9.80 Å². The van der Waals surface area contributed by atoms with Gasteiger partial charge in [0.1, 0.15) is 6.10 Å². The first-order valence-electron chi connectivity index (χ1n) is 7.01. The Balaban J connectivity index is 1.78. The lowest BCUT2D eigenvalue weighted by molar-refractivity contribution is -0.146. The average molecular weight is 269 g/mol. The number of amides is 2. The van der Waals surface area contributed by atoms with E-state index in [1.165, 1.54) is 0 Å². The zero-order valence-corrected chi connectivity index (χ0v) is 11.5. The number of carbonyl (C=O) groups excluding carboxylic acids is 2. The Hall–Kier alpha value is -1.14. The Morgan fingerprint density at radius 3 is 2.42 bits per heavy atom. The SMILES string of the molecule is CC(N)CC(=O)N1CCN(C(=O)C2CCCO2)CC1. The maximum atomic E-state index is 12.1. The molecule has 2 aliphatic rings. The first-order chi connectivity index (χ1) is 9.08. The van der Waals surface area contributed by atoms with E-state index in [1.54, 1.807) is 4.90 Å². The molecular formula is C13H23N3O3. The minimum absolute atomic E-state index is 0.0804. The molecule has 6 heteroatoms. The molecule has 0 aromatic rings. The molecule has 0 bridgehead atoms. The van der Waals surface area contributed by atoms with Crippen LogP contribution in [0.3, 0.4) is 0 Å². The third kappa shape index (κ3) is 3.67. The molecule has 2 unspecified atom stereocenters. The third-order valence-corrected chi connectivity index (χ3v) is 3.65. The van der Waals surface area contributed by atoms with Crippen LogP contribution in [0.15, 0.2) is 0 Å². The summed E-state index contributed by atoms with van der Waals surface area (Å²) < 4.78 is 5.41. The molecule has 2 aliphatic heterocycles. The number of carbonyl (C=O) groups is 2. The van der Waals surface area contributed by atoms with Crippen molar-refractivity contribution in [2.75, 3.05) is 32.8 Å². The van der Waals surface area contributed by atoms with Crippen LogP contribution in [0.2, 0.25) is 0 Å². The second-order valence-electron chi connectivity index (χ2n) is 5.39. The van der Waals surface area contributed by atoms with Gasteiger partial charge in [-0.15, -0.1) is 0 Å². The lowest BCUT2D eigenvalue weighted by Gasteiger charge is -2.36. The summed E-state index contributed by atoms with van der Waals surface area (Å²) in [5, 5.41) is 0. The molecule has 0 aromatic carbocycles. The van der Waals surface area contributed by atoms with E-state index in [0.717, 1.165) is 12.8 Å². The summed E-state index contributed by atoms with van der Waals surface area (Å²) in [6.07, 6.45) is 1.90. The zero-order chi connectivity index (χ0) is 13.8. The Labute approximate surface area is 113 Å². The maximum absolute atomic E-state index is 12.1. The van der Waals surface area contributed by atoms with Gasteiger partial charge in [0.25, 0.3) is 5.91 Å². The molecule has 6 nitrogen and oxygen atoms in total. The number of hydrogen-bond acceptors (Lipinski definition) is 4. The minimum atomic E-state index is -0.258. The van der Waals surface area contributed by atoms with Gasteiger partial charge in [-0.25, -0.2) is 0 Å². The van der Waals surface area contributed by atoms with E-state index in [4.69, 9.17) is 10.5 Å². The molecule has 2 saturated heterocycles. The van der Waals surface area contributed by atoms with Crippen molar-refractivity contribution < 1.29 is 14.3 Å². The summed E-state index contributed by atoms with van der Waals surface area (Å²) in [7, 11) is 0. The van der Waals surface area contributed by atoms with Gasteiger partial charge >= 0.3 is 0 Å². The summed E-state index contributed by atoms with van der Waals surface area (Å²) in [5.74, 6) is 0.163. The van der Waals surface area contributed by atoms with Gasteiger partial charge < -0.3 is 20.3 Å². The van der Waals surface area contributed by atoms with Crippen LogP contribution in [0, 0.1) is 0 Å². The van der Waals surface area contributed by atoms with Gasteiger partial charge in [0.05, 0.1) is 0 Å². The maximum Gasteiger partial charge on any atom is 0.251 e. The topological polar surface area (TPSA) is 75.9 Å². The lowest BCUT2D eigenvalue weighted by atomic mass is 10.2. The van der Waals surface area contributed by atoms with Crippen LogP contribution in [0.25, 0.3) is 0 Å². The lowest BCUT2D eigenvalue weighted by Crippen LogP contribution is -2.53. The van der Waals surface area contributed by atoms with Crippen LogP contribution in [-0.2, 0) is 14.3 Å². The van der Waals surface area contributed by atoms with Crippen LogP contribution in [0.1, 0.15) is 26.2 Å². The van der Waals surface area contributed by atoms with Crippen LogP contribution in [-0.4, -0.2) is 66.5 Å². The first-order valence-corrected chi connectivity index (χ1v) is 7.01. The Bertz CT molecular complexity index is 332. The van der Waals surface area contributed by atoms with E-state index in [-0.39, 0.29) is 24.0 Å². The van der Waals surface area contributed by atoms with Crippen LogP contribution < -0.4 is 5.73 Å². The van der Waals surface area contributed by atoms with Gasteiger partial charge in [0.2, 0.25) is 5.91 Å². The van der Waals surface area contributed by atoms with Crippen LogP contribution >= 0.6 is 0 Å². The molecule has 108 valence electrons. The van der Waals surface area contributed by atoms with Crippen LogP contribution in [0.5, 0.6) is 0 Å². The Morgan fingerprint density at radius 2 is 1.89 bits per heavy atom. The molecule has 0 radical (unpaired) electrons. The van der Waals surface area contributed by atoms with E-state index in [9.17, 15) is 9.59 Å². The molecule has 2 N–H and O–H groups in total. The number of piperazine rings is 1. The average Bonchev–Trinajstić information content (AvgIpc) is 2.91. The van der Waals surface area contributed by atoms with Crippen LogP contribution in [0.4, 0.5) is 0 Å². The van der Waals surface area contributed by atoms with Crippen molar-refractivity contribution in [2.45, 2.75) is 38.3 Å². The molecule has 2 rings (SSSR count). The number of hydrogen-bond donors (Lipinski definition) is 1. The predicted octanol–water partition coefficient (Wildman–Crippen LogP) is -0.426. The molecule has 19 heavy (non-hydrogen) atoms. The quantitative estimate of drug-likeness (QED) is 0.754. The van der Waals surface area contributed by atoms with E-state index in [2.05, 4.69) is 0 Å². The van der Waals surface area contributed by atoms with Crippen molar-refractivity contribution in [3.05, 3.63) is 0 Å². The Kier molecular flexibility index (Phi) is 4.76. The van der Waals surface area contributed by atoms with Gasteiger partial charge in [-0.05, 0) is 19.8 Å². The second-order valence-corrected chi connectivity index (χ2v) is 5.39. The largest absolute Gasteiger partial charge is 0.368 e. The highest BCUT2D eigenvalue weighted by atomic mass is 16.5. The molecule has 2 fully saturated rings. The molecule has 0 aromatic heterocycles. The summed E-state index contributed by atoms with van der Waals surface area (Å²) in [6.45, 7) is 4.92.